The summed E-state index contributed by atoms with van der Waals surface area (Å²) in [5.41, 5.74) is 1.09. The highest BCUT2D eigenvalue weighted by molar-refractivity contribution is 6.30. The SMILES string of the molecule is C[C@@H](C(=O)N(C)CC(=O)Nc1ccc(Cl)cc1)N1C(=O)c2ccccc2C1=O. The fourth-order valence-corrected chi connectivity index (χ4v) is 3.14. The number of anilines is 1. The normalized spacial score (nSPS) is 13.9. The first-order valence-corrected chi connectivity index (χ1v) is 8.94. The van der Waals surface area contributed by atoms with Crippen LogP contribution in [0, 0.1) is 0 Å². The van der Waals surface area contributed by atoms with Crippen LogP contribution >= 0.6 is 11.6 Å². The van der Waals surface area contributed by atoms with Crippen LogP contribution in [-0.4, -0.2) is 53.1 Å². The van der Waals surface area contributed by atoms with Crippen molar-refractivity contribution in [1.29, 1.82) is 0 Å². The zero-order chi connectivity index (χ0) is 20.4. The highest BCUT2D eigenvalue weighted by Crippen LogP contribution is 2.25. The largest absolute Gasteiger partial charge is 0.335 e. The van der Waals surface area contributed by atoms with Crippen LogP contribution in [-0.2, 0) is 9.59 Å². The number of benzene rings is 2. The lowest BCUT2D eigenvalue weighted by Gasteiger charge is -2.26. The second-order valence-electron chi connectivity index (χ2n) is 6.45. The van der Waals surface area contributed by atoms with Gasteiger partial charge in [0.05, 0.1) is 17.7 Å². The van der Waals surface area contributed by atoms with Gasteiger partial charge in [-0.25, -0.2) is 0 Å². The lowest BCUT2D eigenvalue weighted by molar-refractivity contribution is -0.136. The molecule has 0 aliphatic carbocycles. The Morgan fingerprint density at radius 1 is 1.04 bits per heavy atom. The lowest BCUT2D eigenvalue weighted by atomic mass is 10.1. The molecule has 1 N–H and O–H groups in total. The number of hydrogen-bond acceptors (Lipinski definition) is 4. The average molecular weight is 400 g/mol. The number of hydrogen-bond donors (Lipinski definition) is 1. The molecule has 1 aliphatic heterocycles. The molecule has 4 amide bonds. The van der Waals surface area contributed by atoms with E-state index in [0.29, 0.717) is 10.7 Å². The summed E-state index contributed by atoms with van der Waals surface area (Å²) in [4.78, 5) is 52.0. The van der Waals surface area contributed by atoms with E-state index in [4.69, 9.17) is 11.6 Å². The van der Waals surface area contributed by atoms with Gasteiger partial charge in [0.15, 0.2) is 0 Å². The summed E-state index contributed by atoms with van der Waals surface area (Å²) in [7, 11) is 1.44. The lowest BCUT2D eigenvalue weighted by Crippen LogP contribution is -2.49. The summed E-state index contributed by atoms with van der Waals surface area (Å²) in [6, 6.07) is 12.0. The monoisotopic (exact) mass is 399 g/mol. The van der Waals surface area contributed by atoms with Gasteiger partial charge in [0.25, 0.3) is 11.8 Å². The van der Waals surface area contributed by atoms with Crippen LogP contribution in [0.1, 0.15) is 27.6 Å². The van der Waals surface area contributed by atoms with Crippen molar-refractivity contribution in [3.63, 3.8) is 0 Å². The molecule has 0 saturated carbocycles. The Labute approximate surface area is 166 Å². The molecule has 0 saturated heterocycles. The fourth-order valence-electron chi connectivity index (χ4n) is 3.02. The zero-order valence-electron chi connectivity index (χ0n) is 15.3. The number of nitrogens with zero attached hydrogens (tertiary/aromatic N) is 2. The van der Waals surface area contributed by atoms with E-state index in [1.807, 2.05) is 0 Å². The molecule has 2 aromatic carbocycles. The predicted molar refractivity (Wildman–Crippen MR) is 104 cm³/mol. The minimum absolute atomic E-state index is 0.227. The molecule has 0 aromatic heterocycles. The van der Waals surface area contributed by atoms with E-state index in [2.05, 4.69) is 5.32 Å². The summed E-state index contributed by atoms with van der Waals surface area (Å²) in [6.07, 6.45) is 0. The Hall–Kier alpha value is -3.19. The molecule has 0 unspecified atom stereocenters. The Morgan fingerprint density at radius 3 is 2.11 bits per heavy atom. The number of likely N-dealkylation sites (N-methyl/N-ethyl adjacent to an activating group) is 1. The van der Waals surface area contributed by atoms with Gasteiger partial charge in [-0.15, -0.1) is 0 Å². The maximum Gasteiger partial charge on any atom is 0.262 e. The summed E-state index contributed by atoms with van der Waals surface area (Å²) in [5.74, 6) is -1.95. The van der Waals surface area contributed by atoms with Crippen molar-refractivity contribution in [3.8, 4) is 0 Å². The van der Waals surface area contributed by atoms with Crippen molar-refractivity contribution in [2.45, 2.75) is 13.0 Å². The van der Waals surface area contributed by atoms with Crippen molar-refractivity contribution >= 4 is 40.9 Å². The van der Waals surface area contributed by atoms with E-state index in [9.17, 15) is 19.2 Å². The van der Waals surface area contributed by atoms with E-state index in [1.54, 1.807) is 48.5 Å². The minimum atomic E-state index is -1.03. The molecule has 1 heterocycles. The van der Waals surface area contributed by atoms with Crippen LogP contribution < -0.4 is 5.32 Å². The van der Waals surface area contributed by atoms with Crippen molar-refractivity contribution in [2.24, 2.45) is 0 Å². The Kier molecular flexibility index (Phi) is 5.46. The Bertz CT molecular complexity index is 923. The maximum absolute atomic E-state index is 12.7. The number of halogens is 1. The average Bonchev–Trinajstić information content (AvgIpc) is 2.93. The summed E-state index contributed by atoms with van der Waals surface area (Å²) >= 11 is 5.80. The van der Waals surface area contributed by atoms with Crippen LogP contribution in [0.25, 0.3) is 0 Å². The van der Waals surface area contributed by atoms with Gasteiger partial charge in [-0.3, -0.25) is 24.1 Å². The quantitative estimate of drug-likeness (QED) is 0.782. The van der Waals surface area contributed by atoms with Crippen molar-refractivity contribution in [1.82, 2.24) is 9.80 Å². The van der Waals surface area contributed by atoms with E-state index in [1.165, 1.54) is 18.9 Å². The zero-order valence-corrected chi connectivity index (χ0v) is 16.1. The number of fused-ring (bicyclic) bond motifs is 1. The highest BCUT2D eigenvalue weighted by Gasteiger charge is 2.41. The second-order valence-corrected chi connectivity index (χ2v) is 6.89. The molecule has 3 rings (SSSR count). The number of rotatable bonds is 5. The number of carbonyl (C=O) groups is 4. The smallest absolute Gasteiger partial charge is 0.262 e. The minimum Gasteiger partial charge on any atom is -0.335 e. The number of nitrogens with one attached hydrogen (secondary N) is 1. The molecule has 8 heteroatoms. The van der Waals surface area contributed by atoms with Crippen molar-refractivity contribution in [2.75, 3.05) is 18.9 Å². The van der Waals surface area contributed by atoms with Crippen LogP contribution in [0.4, 0.5) is 5.69 Å². The van der Waals surface area contributed by atoms with Gasteiger partial charge >= 0.3 is 0 Å². The third-order valence-electron chi connectivity index (χ3n) is 4.46. The van der Waals surface area contributed by atoms with Gasteiger partial charge < -0.3 is 10.2 Å². The summed E-state index contributed by atoms with van der Waals surface area (Å²) < 4.78 is 0. The van der Waals surface area contributed by atoms with Gasteiger partial charge in [-0.2, -0.15) is 0 Å². The highest BCUT2D eigenvalue weighted by atomic mass is 35.5. The van der Waals surface area contributed by atoms with E-state index in [-0.39, 0.29) is 17.7 Å². The van der Waals surface area contributed by atoms with Gasteiger partial charge in [0, 0.05) is 17.8 Å². The van der Waals surface area contributed by atoms with Crippen LogP contribution in [0.2, 0.25) is 5.02 Å². The molecule has 144 valence electrons. The predicted octanol–water partition coefficient (Wildman–Crippen LogP) is 2.42. The molecule has 0 fully saturated rings. The van der Waals surface area contributed by atoms with Crippen molar-refractivity contribution in [3.05, 3.63) is 64.7 Å². The topological polar surface area (TPSA) is 86.8 Å². The maximum atomic E-state index is 12.7. The summed E-state index contributed by atoms with van der Waals surface area (Å²) in [5, 5.41) is 3.20. The molecule has 1 atom stereocenters. The molecular formula is C20H18ClN3O4. The van der Waals surface area contributed by atoms with Gasteiger partial charge in [0.2, 0.25) is 11.8 Å². The van der Waals surface area contributed by atoms with Crippen molar-refractivity contribution < 1.29 is 19.2 Å². The first-order chi connectivity index (χ1) is 13.3. The summed E-state index contributed by atoms with van der Waals surface area (Å²) in [6.45, 7) is 1.24. The van der Waals surface area contributed by atoms with Crippen LogP contribution in [0.3, 0.4) is 0 Å². The van der Waals surface area contributed by atoms with Gasteiger partial charge in [0.1, 0.15) is 6.04 Å². The molecule has 1 aliphatic rings. The Balaban J connectivity index is 1.64. The first-order valence-electron chi connectivity index (χ1n) is 8.57. The standard InChI is InChI=1S/C20H18ClN3O4/c1-12(24-19(27)15-5-3-4-6-16(15)20(24)28)18(26)23(2)11-17(25)22-14-9-7-13(21)8-10-14/h3-10,12H,11H2,1-2H3,(H,22,25)/t12-/m0/s1. The number of imide groups is 1. The molecule has 28 heavy (non-hydrogen) atoms. The third-order valence-corrected chi connectivity index (χ3v) is 4.71. The van der Waals surface area contributed by atoms with E-state index >= 15 is 0 Å². The Morgan fingerprint density at radius 2 is 1.57 bits per heavy atom. The fraction of sp³-hybridized carbons (Fsp3) is 0.200. The number of carbonyl (C=O) groups excluding carboxylic acids is 4. The van der Waals surface area contributed by atoms with Gasteiger partial charge in [-0.05, 0) is 43.3 Å². The van der Waals surface area contributed by atoms with Crippen LogP contribution in [0.15, 0.2) is 48.5 Å². The molecule has 2 aromatic rings. The third kappa shape index (κ3) is 3.75. The van der Waals surface area contributed by atoms with E-state index < -0.39 is 29.7 Å². The molecule has 0 radical (unpaired) electrons. The first kappa shape index (κ1) is 19.6. The van der Waals surface area contributed by atoms with Gasteiger partial charge in [-0.1, -0.05) is 23.7 Å². The van der Waals surface area contributed by atoms with Crippen LogP contribution in [0.5, 0.6) is 0 Å². The number of amides is 4. The molecule has 7 nitrogen and oxygen atoms in total. The second kappa shape index (κ2) is 7.82. The molecular weight excluding hydrogens is 382 g/mol. The molecule has 0 spiro atoms. The molecule has 0 bridgehead atoms. The van der Waals surface area contributed by atoms with E-state index in [0.717, 1.165) is 4.90 Å².